The van der Waals surface area contributed by atoms with E-state index in [1.807, 2.05) is 73.7 Å². The molecule has 0 aliphatic carbocycles. The number of esters is 1. The van der Waals surface area contributed by atoms with Crippen molar-refractivity contribution in [2.45, 2.75) is 110 Å². The molecule has 4 rings (SSSR count). The standard InChI is InChI=1S/C56H80N6O13/c1-40-24-27-58-49(38-40)62(54(67)75-56(5,6)7)28-13-17-50(63)60-46(16-11-12-26-59-53(66)74-55(2,3)4)52(65)61-47(39-51(64)68-8)42-20-18-41(19-21-42)43-22-23-48(45-15-10-9-14-44(43)45)73-37-36-72-35-34-71-33-32-70-31-30-69-29-25-57/h9-10,14-15,18-24,27,38,46-47H,11-13,16-17,25-26,28-37,39,57H2,1-8H3,(H,59,66)(H,60,63)(H,61,65)/t46-,47-/m0/s1. The number of nitrogens with one attached hydrogen (secondary N) is 3. The molecule has 4 aromatic rings. The van der Waals surface area contributed by atoms with Gasteiger partial charge in [-0.2, -0.15) is 0 Å². The van der Waals surface area contributed by atoms with Gasteiger partial charge in [0, 0.05) is 37.6 Å². The van der Waals surface area contributed by atoms with Crippen LogP contribution in [-0.4, -0.2) is 138 Å². The summed E-state index contributed by atoms with van der Waals surface area (Å²) in [6.07, 6.45) is 1.61. The topological polar surface area (TPSA) is 237 Å². The Morgan fingerprint density at radius 2 is 1.33 bits per heavy atom. The Kier molecular flexibility index (Phi) is 26.2. The fourth-order valence-electron chi connectivity index (χ4n) is 7.57. The van der Waals surface area contributed by atoms with Crippen LogP contribution in [0.3, 0.4) is 0 Å². The van der Waals surface area contributed by atoms with Crippen molar-refractivity contribution in [2.75, 3.05) is 91.1 Å². The molecule has 5 N–H and O–H groups in total. The lowest BCUT2D eigenvalue weighted by molar-refractivity contribution is -0.141. The summed E-state index contributed by atoms with van der Waals surface area (Å²) < 4.78 is 44.2. The fourth-order valence-corrected chi connectivity index (χ4v) is 7.57. The molecule has 19 heteroatoms. The van der Waals surface area contributed by atoms with Crippen LogP contribution in [0.5, 0.6) is 5.75 Å². The summed E-state index contributed by atoms with van der Waals surface area (Å²) >= 11 is 0. The number of nitrogens with two attached hydrogens (primary N) is 1. The Bertz CT molecular complexity index is 2390. The van der Waals surface area contributed by atoms with E-state index in [0.29, 0.717) is 96.0 Å². The van der Waals surface area contributed by atoms with Crippen molar-refractivity contribution in [1.82, 2.24) is 20.9 Å². The maximum absolute atomic E-state index is 14.3. The number of carbonyl (C=O) groups is 5. The molecule has 412 valence electrons. The van der Waals surface area contributed by atoms with Gasteiger partial charge in [-0.15, -0.1) is 0 Å². The summed E-state index contributed by atoms with van der Waals surface area (Å²) in [6.45, 7) is 17.4. The number of aromatic nitrogens is 1. The van der Waals surface area contributed by atoms with Gasteiger partial charge in [-0.3, -0.25) is 19.3 Å². The second-order valence-electron chi connectivity index (χ2n) is 19.7. The first-order valence-electron chi connectivity index (χ1n) is 25.7. The highest BCUT2D eigenvalue weighted by molar-refractivity contribution is 6.00. The molecule has 3 aromatic carbocycles. The smallest absolute Gasteiger partial charge is 0.416 e. The first-order chi connectivity index (χ1) is 35.9. The SMILES string of the molecule is COC(=O)C[C@H](NC(=O)[C@H](CCCCNC(=O)OC(C)(C)C)NC(=O)CCCN(C(=O)OC(C)(C)C)c1cc(C)ccn1)c1ccc(-c2ccc(OCCOCCOCCOCCOCCN)c3ccccc23)cc1. The Morgan fingerprint density at radius 3 is 1.95 bits per heavy atom. The summed E-state index contributed by atoms with van der Waals surface area (Å²) in [6, 6.07) is 21.2. The van der Waals surface area contributed by atoms with Gasteiger partial charge in [0.15, 0.2) is 0 Å². The van der Waals surface area contributed by atoms with Crippen LogP contribution in [0.15, 0.2) is 79.0 Å². The van der Waals surface area contributed by atoms with Crippen LogP contribution in [0.1, 0.15) is 97.2 Å². The fraction of sp³-hybridized carbons (Fsp3) is 0.536. The number of ether oxygens (including phenoxy) is 8. The number of hydrogen-bond acceptors (Lipinski definition) is 15. The van der Waals surface area contributed by atoms with Crippen LogP contribution in [0, 0.1) is 6.92 Å². The van der Waals surface area contributed by atoms with Crippen LogP contribution >= 0.6 is 0 Å². The Labute approximate surface area is 442 Å². The number of fused-ring (bicyclic) bond motifs is 1. The number of benzene rings is 3. The molecular weight excluding hydrogens is 965 g/mol. The monoisotopic (exact) mass is 1040 g/mol. The number of amides is 4. The zero-order valence-electron chi connectivity index (χ0n) is 45.2. The Balaban J connectivity index is 1.42. The largest absolute Gasteiger partial charge is 0.491 e. The molecule has 4 amide bonds. The van der Waals surface area contributed by atoms with Gasteiger partial charge >= 0.3 is 18.2 Å². The molecule has 0 unspecified atom stereocenters. The van der Waals surface area contributed by atoms with Crippen molar-refractivity contribution in [2.24, 2.45) is 5.73 Å². The zero-order chi connectivity index (χ0) is 54.6. The van der Waals surface area contributed by atoms with E-state index in [0.717, 1.165) is 27.5 Å². The van der Waals surface area contributed by atoms with Gasteiger partial charge in [0.25, 0.3) is 0 Å². The van der Waals surface area contributed by atoms with Crippen molar-refractivity contribution < 1.29 is 61.9 Å². The van der Waals surface area contributed by atoms with Crippen LogP contribution in [0.4, 0.5) is 15.4 Å². The van der Waals surface area contributed by atoms with E-state index in [-0.39, 0.29) is 38.8 Å². The van der Waals surface area contributed by atoms with Crippen LogP contribution in [0.2, 0.25) is 0 Å². The third kappa shape index (κ3) is 23.4. The lowest BCUT2D eigenvalue weighted by atomic mass is 9.95. The highest BCUT2D eigenvalue weighted by atomic mass is 16.6. The number of alkyl carbamates (subject to hydrolysis) is 1. The van der Waals surface area contributed by atoms with Crippen LogP contribution < -0.4 is 31.3 Å². The Morgan fingerprint density at radius 1 is 0.707 bits per heavy atom. The minimum absolute atomic E-state index is 0.0280. The van der Waals surface area contributed by atoms with Gasteiger partial charge < -0.3 is 59.6 Å². The van der Waals surface area contributed by atoms with Crippen molar-refractivity contribution in [3.63, 3.8) is 0 Å². The van der Waals surface area contributed by atoms with E-state index >= 15 is 0 Å². The second kappa shape index (κ2) is 32.1. The predicted molar refractivity (Wildman–Crippen MR) is 287 cm³/mol. The molecular formula is C56H80N6O13. The van der Waals surface area contributed by atoms with E-state index in [4.69, 9.17) is 43.6 Å². The highest BCUT2D eigenvalue weighted by Crippen LogP contribution is 2.35. The van der Waals surface area contributed by atoms with Gasteiger partial charge in [0.2, 0.25) is 11.8 Å². The summed E-state index contributed by atoms with van der Waals surface area (Å²) in [7, 11) is 1.28. The minimum atomic E-state index is -1.01. The van der Waals surface area contributed by atoms with Crippen LogP contribution in [0.25, 0.3) is 21.9 Å². The van der Waals surface area contributed by atoms with E-state index in [9.17, 15) is 24.0 Å². The number of methoxy groups -OCH3 is 1. The lowest BCUT2D eigenvalue weighted by Gasteiger charge is -2.27. The number of hydrogen-bond donors (Lipinski definition) is 4. The summed E-state index contributed by atoms with van der Waals surface area (Å²) in [5.41, 5.74) is 7.35. The van der Waals surface area contributed by atoms with Gasteiger partial charge in [-0.05, 0) is 120 Å². The molecule has 0 fully saturated rings. The third-order valence-corrected chi connectivity index (χ3v) is 11.1. The van der Waals surface area contributed by atoms with Crippen LogP contribution in [-0.2, 0) is 47.5 Å². The first-order valence-corrected chi connectivity index (χ1v) is 25.7. The maximum Gasteiger partial charge on any atom is 0.416 e. The van der Waals surface area contributed by atoms with Gasteiger partial charge in [-0.1, -0.05) is 54.6 Å². The van der Waals surface area contributed by atoms with Gasteiger partial charge in [-0.25, -0.2) is 14.6 Å². The second-order valence-corrected chi connectivity index (χ2v) is 19.7. The Hall–Kier alpha value is -6.38. The summed E-state index contributed by atoms with van der Waals surface area (Å²) in [4.78, 5) is 72.1. The van der Waals surface area contributed by atoms with E-state index < -0.39 is 53.3 Å². The van der Waals surface area contributed by atoms with Gasteiger partial charge in [0.05, 0.1) is 72.4 Å². The molecule has 0 spiro atoms. The van der Waals surface area contributed by atoms with Gasteiger partial charge in [0.1, 0.15) is 35.4 Å². The van der Waals surface area contributed by atoms with Crippen molar-refractivity contribution in [1.29, 1.82) is 0 Å². The van der Waals surface area contributed by atoms with Crippen molar-refractivity contribution in [3.05, 3.63) is 90.1 Å². The maximum atomic E-state index is 14.3. The highest BCUT2D eigenvalue weighted by Gasteiger charge is 2.28. The quantitative estimate of drug-likeness (QED) is 0.0208. The molecule has 0 aliphatic heterocycles. The van der Waals surface area contributed by atoms with E-state index in [1.165, 1.54) is 12.0 Å². The number of unbranched alkanes of at least 4 members (excludes halogenated alkanes) is 1. The minimum Gasteiger partial charge on any atom is -0.491 e. The molecule has 0 bridgehead atoms. The lowest BCUT2D eigenvalue weighted by Crippen LogP contribution is -2.48. The molecule has 0 radical (unpaired) electrons. The third-order valence-electron chi connectivity index (χ3n) is 11.1. The van der Waals surface area contributed by atoms with Crippen molar-refractivity contribution >= 4 is 46.6 Å². The number of carbonyl (C=O) groups excluding carboxylic acids is 5. The first kappa shape index (κ1) is 61.2. The number of anilines is 1. The number of nitrogens with zero attached hydrogens (tertiary/aromatic N) is 2. The molecule has 1 aromatic heterocycles. The molecule has 0 aliphatic rings. The molecule has 0 saturated heterocycles. The summed E-state index contributed by atoms with van der Waals surface area (Å²) in [5, 5.41) is 10.5. The number of pyridine rings is 1. The van der Waals surface area contributed by atoms with E-state index in [1.54, 1.807) is 53.8 Å². The number of rotatable bonds is 32. The predicted octanol–water partition coefficient (Wildman–Crippen LogP) is 7.74. The molecule has 75 heavy (non-hydrogen) atoms. The zero-order valence-corrected chi connectivity index (χ0v) is 45.2. The number of aryl methyl sites for hydroxylation is 1. The average Bonchev–Trinajstić information content (AvgIpc) is 3.36. The van der Waals surface area contributed by atoms with E-state index in [2.05, 4.69) is 20.9 Å². The normalized spacial score (nSPS) is 12.3. The molecule has 1 heterocycles. The van der Waals surface area contributed by atoms with Crippen molar-refractivity contribution in [3.8, 4) is 16.9 Å². The molecule has 0 saturated carbocycles. The molecule has 2 atom stereocenters. The summed E-state index contributed by atoms with van der Waals surface area (Å²) in [5.74, 6) is -0.377. The average molecular weight is 1050 g/mol. The molecule has 19 nitrogen and oxygen atoms in total.